The van der Waals surface area contributed by atoms with E-state index >= 15 is 0 Å². The first-order valence-corrected chi connectivity index (χ1v) is 8.84. The van der Waals surface area contributed by atoms with Gasteiger partial charge in [0.1, 0.15) is 5.82 Å². The zero-order valence-corrected chi connectivity index (χ0v) is 16.6. The molecule has 27 heavy (non-hydrogen) atoms. The Morgan fingerprint density at radius 3 is 2.11 bits per heavy atom. The molecular weight excluding hydrogens is 369 g/mol. The summed E-state index contributed by atoms with van der Waals surface area (Å²) >= 11 is 5.89. The maximum absolute atomic E-state index is 13.0. The van der Waals surface area contributed by atoms with E-state index in [1.54, 1.807) is 11.9 Å². The van der Waals surface area contributed by atoms with E-state index in [0.717, 1.165) is 28.4 Å². The first kappa shape index (κ1) is 20.9. The molecule has 0 bridgehead atoms. The number of halogens is 2. The van der Waals surface area contributed by atoms with E-state index in [0.29, 0.717) is 5.69 Å². The van der Waals surface area contributed by atoms with Gasteiger partial charge in [0.2, 0.25) is 11.8 Å². The molecule has 0 heterocycles. The van der Waals surface area contributed by atoms with Crippen LogP contribution in [0.25, 0.3) is 0 Å². The highest BCUT2D eigenvalue weighted by Crippen LogP contribution is 2.23. The molecule has 144 valence electrons. The van der Waals surface area contributed by atoms with Crippen molar-refractivity contribution in [3.8, 4) is 0 Å². The summed E-state index contributed by atoms with van der Waals surface area (Å²) in [6, 6.07) is 7.75. The van der Waals surface area contributed by atoms with E-state index in [1.807, 2.05) is 32.9 Å². The molecule has 0 spiro atoms. The van der Waals surface area contributed by atoms with Gasteiger partial charge in [-0.15, -0.1) is 0 Å². The van der Waals surface area contributed by atoms with Crippen molar-refractivity contribution >= 4 is 34.8 Å². The summed E-state index contributed by atoms with van der Waals surface area (Å²) in [6.07, 6.45) is 0. The van der Waals surface area contributed by atoms with Gasteiger partial charge in [0, 0.05) is 5.69 Å². The SMILES string of the molecule is Cc1cc(C)c(NC(=O)CN(C)CC(=O)Nc2ccc(F)cc2Cl)c(C)c1. The van der Waals surface area contributed by atoms with E-state index in [2.05, 4.69) is 10.6 Å². The van der Waals surface area contributed by atoms with Crippen molar-refractivity contribution in [1.82, 2.24) is 4.90 Å². The molecule has 0 fully saturated rings. The molecule has 0 aliphatic rings. The van der Waals surface area contributed by atoms with Crippen LogP contribution in [0.3, 0.4) is 0 Å². The summed E-state index contributed by atoms with van der Waals surface area (Å²) in [4.78, 5) is 26.0. The van der Waals surface area contributed by atoms with E-state index < -0.39 is 5.82 Å². The monoisotopic (exact) mass is 391 g/mol. The summed E-state index contributed by atoms with van der Waals surface area (Å²) in [7, 11) is 1.67. The Labute approximate surface area is 163 Å². The molecule has 2 aromatic carbocycles. The lowest BCUT2D eigenvalue weighted by Gasteiger charge is -2.18. The molecule has 5 nitrogen and oxygen atoms in total. The second-order valence-electron chi connectivity index (χ2n) is 6.67. The van der Waals surface area contributed by atoms with Crippen LogP contribution in [0.1, 0.15) is 16.7 Å². The fraction of sp³-hybridized carbons (Fsp3) is 0.300. The van der Waals surface area contributed by atoms with E-state index in [4.69, 9.17) is 11.6 Å². The van der Waals surface area contributed by atoms with Gasteiger partial charge in [0.25, 0.3) is 0 Å². The molecule has 0 radical (unpaired) electrons. The van der Waals surface area contributed by atoms with Gasteiger partial charge in [-0.1, -0.05) is 29.3 Å². The molecule has 2 aromatic rings. The maximum atomic E-state index is 13.0. The first-order valence-electron chi connectivity index (χ1n) is 8.47. The van der Waals surface area contributed by atoms with E-state index in [9.17, 15) is 14.0 Å². The average Bonchev–Trinajstić information content (AvgIpc) is 2.53. The van der Waals surface area contributed by atoms with Crippen molar-refractivity contribution in [2.24, 2.45) is 0 Å². The van der Waals surface area contributed by atoms with Crippen LogP contribution in [0.2, 0.25) is 5.02 Å². The number of carbonyl (C=O) groups excluding carboxylic acids is 2. The van der Waals surface area contributed by atoms with Gasteiger partial charge in [-0.25, -0.2) is 4.39 Å². The normalized spacial score (nSPS) is 10.8. The number of amides is 2. The number of hydrogen-bond acceptors (Lipinski definition) is 3. The highest BCUT2D eigenvalue weighted by atomic mass is 35.5. The Morgan fingerprint density at radius 1 is 1.00 bits per heavy atom. The third kappa shape index (κ3) is 6.05. The average molecular weight is 392 g/mol. The fourth-order valence-electron chi connectivity index (χ4n) is 2.88. The zero-order chi connectivity index (χ0) is 20.1. The molecule has 0 aliphatic heterocycles. The molecule has 0 aliphatic carbocycles. The van der Waals surface area contributed by atoms with E-state index in [1.165, 1.54) is 12.1 Å². The van der Waals surface area contributed by atoms with Crippen LogP contribution in [-0.2, 0) is 9.59 Å². The number of nitrogens with one attached hydrogen (secondary N) is 2. The van der Waals surface area contributed by atoms with Gasteiger partial charge in [-0.05, 0) is 57.1 Å². The topological polar surface area (TPSA) is 61.4 Å². The molecule has 0 saturated carbocycles. The zero-order valence-electron chi connectivity index (χ0n) is 15.8. The van der Waals surface area contributed by atoms with Gasteiger partial charge in [0.15, 0.2) is 0 Å². The number of hydrogen-bond donors (Lipinski definition) is 2. The Hall–Kier alpha value is -2.44. The number of nitrogens with zero attached hydrogens (tertiary/aromatic N) is 1. The molecule has 2 rings (SSSR count). The number of carbonyl (C=O) groups is 2. The van der Waals surface area contributed by atoms with Gasteiger partial charge in [0.05, 0.1) is 23.8 Å². The number of anilines is 2. The summed E-state index contributed by atoms with van der Waals surface area (Å²) < 4.78 is 13.0. The first-order chi connectivity index (χ1) is 12.7. The molecule has 0 aromatic heterocycles. The van der Waals surface area contributed by atoms with Crippen molar-refractivity contribution in [3.05, 3.63) is 57.9 Å². The highest BCUT2D eigenvalue weighted by molar-refractivity contribution is 6.33. The summed E-state index contributed by atoms with van der Waals surface area (Å²) in [5, 5.41) is 5.62. The van der Waals surface area contributed by atoms with Gasteiger partial charge >= 0.3 is 0 Å². The quantitative estimate of drug-likeness (QED) is 0.784. The standard InChI is InChI=1S/C20H23ClFN3O2/c1-12-7-13(2)20(14(3)8-12)24-19(27)11-25(4)10-18(26)23-17-6-5-15(22)9-16(17)21/h5-9H,10-11H2,1-4H3,(H,23,26)(H,24,27). The lowest BCUT2D eigenvalue weighted by atomic mass is 10.1. The maximum Gasteiger partial charge on any atom is 0.238 e. The Balaban J connectivity index is 1.90. The molecule has 0 atom stereocenters. The predicted octanol–water partition coefficient (Wildman–Crippen LogP) is 3.91. The second kappa shape index (κ2) is 8.97. The molecule has 0 saturated heterocycles. The predicted molar refractivity (Wildman–Crippen MR) is 107 cm³/mol. The lowest BCUT2D eigenvalue weighted by molar-refractivity contribution is -0.119. The summed E-state index contributed by atoms with van der Waals surface area (Å²) in [6.45, 7) is 5.94. The smallest absolute Gasteiger partial charge is 0.238 e. The fourth-order valence-corrected chi connectivity index (χ4v) is 3.10. The molecule has 2 N–H and O–H groups in total. The van der Waals surface area contributed by atoms with Crippen LogP contribution in [0.15, 0.2) is 30.3 Å². The van der Waals surface area contributed by atoms with Crippen LogP contribution in [0.4, 0.5) is 15.8 Å². The van der Waals surface area contributed by atoms with Gasteiger partial charge < -0.3 is 10.6 Å². The third-order valence-electron chi connectivity index (χ3n) is 3.97. The number of likely N-dealkylation sites (N-methyl/N-ethyl adjacent to an activating group) is 1. The minimum atomic E-state index is -0.478. The van der Waals surface area contributed by atoms with Crippen molar-refractivity contribution in [1.29, 1.82) is 0 Å². The van der Waals surface area contributed by atoms with Crippen LogP contribution in [-0.4, -0.2) is 36.9 Å². The largest absolute Gasteiger partial charge is 0.324 e. The second-order valence-corrected chi connectivity index (χ2v) is 7.07. The Bertz CT molecular complexity index is 847. The molecular formula is C20H23ClFN3O2. The lowest BCUT2D eigenvalue weighted by Crippen LogP contribution is -2.36. The summed E-state index contributed by atoms with van der Waals surface area (Å²) in [5.41, 5.74) is 4.24. The van der Waals surface area contributed by atoms with Gasteiger partial charge in [-0.2, -0.15) is 0 Å². The Morgan fingerprint density at radius 2 is 1.56 bits per heavy atom. The van der Waals surface area contributed by atoms with Crippen LogP contribution in [0, 0.1) is 26.6 Å². The number of rotatable bonds is 6. The Kier molecular flexibility index (Phi) is 6.93. The van der Waals surface area contributed by atoms with E-state index in [-0.39, 0.29) is 29.9 Å². The minimum absolute atomic E-state index is 0.00696. The molecule has 7 heteroatoms. The summed E-state index contributed by atoms with van der Waals surface area (Å²) in [5.74, 6) is -1.03. The van der Waals surface area contributed by atoms with Crippen molar-refractivity contribution < 1.29 is 14.0 Å². The molecule has 0 unspecified atom stereocenters. The van der Waals surface area contributed by atoms with Crippen LogP contribution >= 0.6 is 11.6 Å². The van der Waals surface area contributed by atoms with Crippen molar-refractivity contribution in [2.45, 2.75) is 20.8 Å². The number of benzene rings is 2. The van der Waals surface area contributed by atoms with Gasteiger partial charge in [-0.3, -0.25) is 14.5 Å². The highest BCUT2D eigenvalue weighted by Gasteiger charge is 2.14. The number of aryl methyl sites for hydroxylation is 3. The minimum Gasteiger partial charge on any atom is -0.324 e. The van der Waals surface area contributed by atoms with Crippen LogP contribution < -0.4 is 10.6 Å². The van der Waals surface area contributed by atoms with Crippen molar-refractivity contribution in [3.63, 3.8) is 0 Å². The van der Waals surface area contributed by atoms with Crippen LogP contribution in [0.5, 0.6) is 0 Å². The van der Waals surface area contributed by atoms with Crippen molar-refractivity contribution in [2.75, 3.05) is 30.8 Å². The third-order valence-corrected chi connectivity index (χ3v) is 4.29. The molecule has 2 amide bonds.